The largest absolute Gasteiger partial charge is 0.328 e. The van der Waals surface area contributed by atoms with Gasteiger partial charge >= 0.3 is 0 Å². The van der Waals surface area contributed by atoms with Gasteiger partial charge < -0.3 is 22.9 Å². The van der Waals surface area contributed by atoms with Gasteiger partial charge in [-0.1, -0.05) is 121 Å². The lowest BCUT2D eigenvalue weighted by atomic mass is 10.1. The fourth-order valence-corrected chi connectivity index (χ4v) is 3.94. The molecule has 0 amide bonds. The van der Waals surface area contributed by atoms with Crippen molar-refractivity contribution < 1.29 is 0 Å². The molecule has 4 heteroatoms. The van der Waals surface area contributed by atoms with Crippen LogP contribution in [-0.2, 0) is 25.7 Å². The van der Waals surface area contributed by atoms with E-state index in [0.717, 1.165) is 25.7 Å². The highest BCUT2D eigenvalue weighted by atomic mass is 14.6. The summed E-state index contributed by atoms with van der Waals surface area (Å²) in [5, 5.41) is 0. The van der Waals surface area contributed by atoms with Crippen molar-refractivity contribution in [1.82, 2.24) is 0 Å². The quantitative estimate of drug-likeness (QED) is 0.210. The zero-order valence-corrected chi connectivity index (χ0v) is 25.0. The summed E-state index contributed by atoms with van der Waals surface area (Å²) >= 11 is 0. The third-order valence-corrected chi connectivity index (χ3v) is 5.60. The number of hydrogen-bond donors (Lipinski definition) is 4. The first kappa shape index (κ1) is 34.7. The number of hydrogen-bond acceptors (Lipinski definition) is 4. The van der Waals surface area contributed by atoms with Crippen LogP contribution in [0.15, 0.2) is 121 Å². The standard InChI is InChI=1S/4C9H13N/c4*1-8(10)7-9-5-3-2-4-6-9/h4*2-6,8H,7,10H2,1H3. The molecule has 40 heavy (non-hydrogen) atoms. The molecule has 4 aromatic carbocycles. The second-order valence-corrected chi connectivity index (χ2v) is 10.7. The maximum atomic E-state index is 5.62. The summed E-state index contributed by atoms with van der Waals surface area (Å²) in [7, 11) is 0. The van der Waals surface area contributed by atoms with Crippen LogP contribution in [0, 0.1) is 0 Å². The minimum absolute atomic E-state index is 0.266. The van der Waals surface area contributed by atoms with Gasteiger partial charge in [0.2, 0.25) is 0 Å². The lowest BCUT2D eigenvalue weighted by Gasteiger charge is -2.02. The van der Waals surface area contributed by atoms with Gasteiger partial charge in [-0.2, -0.15) is 0 Å². The van der Waals surface area contributed by atoms with Crippen LogP contribution in [0.1, 0.15) is 49.9 Å². The second-order valence-electron chi connectivity index (χ2n) is 10.7. The predicted molar refractivity (Wildman–Crippen MR) is 175 cm³/mol. The predicted octanol–water partition coefficient (Wildman–Crippen LogP) is 6.31. The fourth-order valence-electron chi connectivity index (χ4n) is 3.94. The smallest absolute Gasteiger partial charge is 0.00509 e. The molecule has 0 aliphatic rings. The Bertz CT molecular complexity index is 899. The average molecular weight is 541 g/mol. The van der Waals surface area contributed by atoms with Gasteiger partial charge in [0.05, 0.1) is 0 Å². The van der Waals surface area contributed by atoms with Crippen molar-refractivity contribution >= 4 is 0 Å². The molecular weight excluding hydrogens is 488 g/mol. The zero-order chi connectivity index (χ0) is 29.6. The Morgan fingerprint density at radius 2 is 0.475 bits per heavy atom. The first-order valence-corrected chi connectivity index (χ1v) is 14.3. The number of nitrogens with two attached hydrogens (primary N) is 4. The van der Waals surface area contributed by atoms with E-state index in [1.54, 1.807) is 0 Å². The van der Waals surface area contributed by atoms with Gasteiger partial charge in [0, 0.05) is 24.2 Å². The Morgan fingerprint density at radius 3 is 0.600 bits per heavy atom. The van der Waals surface area contributed by atoms with E-state index in [2.05, 4.69) is 48.5 Å². The monoisotopic (exact) mass is 540 g/mol. The summed E-state index contributed by atoms with van der Waals surface area (Å²) < 4.78 is 0. The Morgan fingerprint density at radius 1 is 0.325 bits per heavy atom. The van der Waals surface area contributed by atoms with Crippen molar-refractivity contribution in [2.45, 2.75) is 77.5 Å². The molecule has 0 saturated carbocycles. The highest BCUT2D eigenvalue weighted by molar-refractivity contribution is 5.17. The summed E-state index contributed by atoms with van der Waals surface area (Å²) in [5.74, 6) is 0. The third kappa shape index (κ3) is 19.7. The summed E-state index contributed by atoms with van der Waals surface area (Å²) in [6.45, 7) is 8.08. The van der Waals surface area contributed by atoms with E-state index in [0.29, 0.717) is 0 Å². The molecule has 0 saturated heterocycles. The van der Waals surface area contributed by atoms with Gasteiger partial charge in [0.15, 0.2) is 0 Å². The molecule has 0 aliphatic heterocycles. The first-order chi connectivity index (χ1) is 19.2. The minimum Gasteiger partial charge on any atom is -0.328 e. The van der Waals surface area contributed by atoms with Gasteiger partial charge in [-0.25, -0.2) is 0 Å². The van der Waals surface area contributed by atoms with Crippen LogP contribution in [0.4, 0.5) is 0 Å². The van der Waals surface area contributed by atoms with Crippen LogP contribution in [0.3, 0.4) is 0 Å². The van der Waals surface area contributed by atoms with Crippen molar-refractivity contribution in [2.24, 2.45) is 22.9 Å². The third-order valence-electron chi connectivity index (χ3n) is 5.60. The van der Waals surface area contributed by atoms with E-state index in [-0.39, 0.29) is 24.2 Å². The molecule has 0 bridgehead atoms. The van der Waals surface area contributed by atoms with Crippen molar-refractivity contribution in [1.29, 1.82) is 0 Å². The fraction of sp³-hybridized carbons (Fsp3) is 0.333. The van der Waals surface area contributed by atoms with Crippen LogP contribution in [0.5, 0.6) is 0 Å². The summed E-state index contributed by atoms with van der Waals surface area (Å²) in [4.78, 5) is 0. The van der Waals surface area contributed by atoms with Crippen LogP contribution >= 0.6 is 0 Å². The SMILES string of the molecule is CC(N)Cc1ccccc1.CC(N)Cc1ccccc1.CC(N)Cc1ccccc1.CC(N)Cc1ccccc1. The Kier molecular flexibility index (Phi) is 18.7. The number of benzene rings is 4. The van der Waals surface area contributed by atoms with E-state index in [1.165, 1.54) is 22.3 Å². The Balaban J connectivity index is 0.000000267. The Labute approximate surface area is 243 Å². The lowest BCUT2D eigenvalue weighted by molar-refractivity contribution is 0.738. The summed E-state index contributed by atoms with van der Waals surface area (Å²) in [6.07, 6.45) is 3.89. The molecule has 8 N–H and O–H groups in total. The Hall–Kier alpha value is -3.28. The van der Waals surface area contributed by atoms with Crippen molar-refractivity contribution in [3.05, 3.63) is 144 Å². The summed E-state index contributed by atoms with van der Waals surface area (Å²) in [5.41, 5.74) is 27.8. The zero-order valence-electron chi connectivity index (χ0n) is 25.0. The van der Waals surface area contributed by atoms with Gasteiger partial charge in [0.1, 0.15) is 0 Å². The summed E-state index contributed by atoms with van der Waals surface area (Å²) in [6, 6.07) is 42.3. The van der Waals surface area contributed by atoms with Gasteiger partial charge in [0.25, 0.3) is 0 Å². The molecule has 4 atom stereocenters. The van der Waals surface area contributed by atoms with E-state index in [9.17, 15) is 0 Å². The first-order valence-electron chi connectivity index (χ1n) is 14.3. The van der Waals surface area contributed by atoms with Crippen LogP contribution in [0.2, 0.25) is 0 Å². The molecule has 0 radical (unpaired) electrons. The normalized spacial score (nSPS) is 13.0. The molecule has 4 nitrogen and oxygen atoms in total. The van der Waals surface area contributed by atoms with E-state index in [4.69, 9.17) is 22.9 Å². The molecule has 0 fully saturated rings. The number of rotatable bonds is 8. The average Bonchev–Trinajstić information content (AvgIpc) is 2.91. The molecule has 0 aromatic heterocycles. The molecule has 216 valence electrons. The topological polar surface area (TPSA) is 104 Å². The second kappa shape index (κ2) is 21.5. The highest BCUT2D eigenvalue weighted by Crippen LogP contribution is 2.02. The maximum absolute atomic E-state index is 5.62. The molecule has 4 aromatic rings. The van der Waals surface area contributed by atoms with E-state index >= 15 is 0 Å². The molecule has 4 rings (SSSR count). The molecule has 0 heterocycles. The molecule has 0 aliphatic carbocycles. The minimum atomic E-state index is 0.266. The van der Waals surface area contributed by atoms with Gasteiger partial charge in [-0.3, -0.25) is 0 Å². The van der Waals surface area contributed by atoms with Crippen LogP contribution < -0.4 is 22.9 Å². The van der Waals surface area contributed by atoms with E-state index < -0.39 is 0 Å². The van der Waals surface area contributed by atoms with Crippen molar-refractivity contribution in [3.63, 3.8) is 0 Å². The van der Waals surface area contributed by atoms with Crippen molar-refractivity contribution in [2.75, 3.05) is 0 Å². The molecular formula is C36H52N4. The van der Waals surface area contributed by atoms with Gasteiger partial charge in [-0.05, 0) is 75.6 Å². The van der Waals surface area contributed by atoms with Crippen molar-refractivity contribution in [3.8, 4) is 0 Å². The van der Waals surface area contributed by atoms with E-state index in [1.807, 2.05) is 100 Å². The maximum Gasteiger partial charge on any atom is 0.00509 e. The van der Waals surface area contributed by atoms with Crippen LogP contribution in [0.25, 0.3) is 0 Å². The molecule has 0 spiro atoms. The van der Waals surface area contributed by atoms with Gasteiger partial charge in [-0.15, -0.1) is 0 Å². The highest BCUT2D eigenvalue weighted by Gasteiger charge is 1.96. The lowest BCUT2D eigenvalue weighted by Crippen LogP contribution is -2.17. The van der Waals surface area contributed by atoms with Crippen LogP contribution in [-0.4, -0.2) is 24.2 Å². The molecule has 4 unspecified atom stereocenters.